The van der Waals surface area contributed by atoms with Crippen molar-refractivity contribution in [1.29, 1.82) is 0 Å². The van der Waals surface area contributed by atoms with Gasteiger partial charge in [0.1, 0.15) is 5.75 Å². The lowest BCUT2D eigenvalue weighted by molar-refractivity contribution is -0.126. The van der Waals surface area contributed by atoms with Gasteiger partial charge in [-0.3, -0.25) is 4.79 Å². The molecule has 92 valence electrons. The number of hydrogen-bond donors (Lipinski definition) is 2. The Balaban J connectivity index is 1.85. The zero-order valence-corrected chi connectivity index (χ0v) is 9.98. The van der Waals surface area contributed by atoms with Crippen LogP contribution in [0.1, 0.15) is 37.7 Å². The van der Waals surface area contributed by atoms with Gasteiger partial charge in [0.15, 0.2) is 0 Å². The van der Waals surface area contributed by atoms with E-state index >= 15 is 0 Å². The van der Waals surface area contributed by atoms with E-state index in [4.69, 9.17) is 0 Å². The quantitative estimate of drug-likeness (QED) is 0.843. The van der Waals surface area contributed by atoms with E-state index in [2.05, 4.69) is 5.32 Å². The van der Waals surface area contributed by atoms with E-state index in [9.17, 15) is 9.90 Å². The molecule has 1 fully saturated rings. The van der Waals surface area contributed by atoms with E-state index in [1.54, 1.807) is 12.1 Å². The van der Waals surface area contributed by atoms with Crippen molar-refractivity contribution >= 4 is 5.91 Å². The molecule has 2 rings (SSSR count). The van der Waals surface area contributed by atoms with Crippen LogP contribution in [0.5, 0.6) is 5.75 Å². The van der Waals surface area contributed by atoms with Gasteiger partial charge in [0.25, 0.3) is 0 Å². The first-order valence-corrected chi connectivity index (χ1v) is 6.32. The molecule has 3 heteroatoms. The van der Waals surface area contributed by atoms with Gasteiger partial charge in [0, 0.05) is 18.0 Å². The van der Waals surface area contributed by atoms with Gasteiger partial charge in [-0.05, 0) is 18.9 Å². The second kappa shape index (κ2) is 5.71. The molecule has 1 aromatic carbocycles. The van der Waals surface area contributed by atoms with E-state index in [-0.39, 0.29) is 17.6 Å². The highest BCUT2D eigenvalue weighted by atomic mass is 16.3. The highest BCUT2D eigenvalue weighted by molar-refractivity contribution is 5.78. The number of nitrogens with one attached hydrogen (secondary N) is 1. The van der Waals surface area contributed by atoms with Crippen molar-refractivity contribution in [2.24, 2.45) is 5.92 Å². The molecule has 0 aliphatic heterocycles. The molecule has 0 spiro atoms. The number of benzene rings is 1. The fraction of sp³-hybridized carbons (Fsp3) is 0.500. The highest BCUT2D eigenvalue weighted by Gasteiger charge is 2.20. The summed E-state index contributed by atoms with van der Waals surface area (Å²) >= 11 is 0. The van der Waals surface area contributed by atoms with Crippen LogP contribution in [-0.2, 0) is 11.3 Å². The first kappa shape index (κ1) is 12.0. The van der Waals surface area contributed by atoms with E-state index in [1.807, 2.05) is 12.1 Å². The number of carbonyl (C=O) groups excluding carboxylic acids is 1. The fourth-order valence-corrected chi connectivity index (χ4v) is 2.35. The third-order valence-electron chi connectivity index (χ3n) is 3.42. The van der Waals surface area contributed by atoms with Crippen molar-refractivity contribution in [2.75, 3.05) is 0 Å². The summed E-state index contributed by atoms with van der Waals surface area (Å²) in [6.07, 6.45) is 5.59. The monoisotopic (exact) mass is 233 g/mol. The van der Waals surface area contributed by atoms with Gasteiger partial charge < -0.3 is 10.4 Å². The van der Waals surface area contributed by atoms with Gasteiger partial charge >= 0.3 is 0 Å². The number of para-hydroxylation sites is 1. The summed E-state index contributed by atoms with van der Waals surface area (Å²) in [5.74, 6) is 0.555. The standard InChI is InChI=1S/C14H19NO2/c16-13-9-5-4-8-12(13)10-15-14(17)11-6-2-1-3-7-11/h4-5,8-9,11,16H,1-3,6-7,10H2,(H,15,17). The summed E-state index contributed by atoms with van der Waals surface area (Å²) in [4.78, 5) is 11.9. The Kier molecular flexibility index (Phi) is 4.02. The number of aromatic hydroxyl groups is 1. The largest absolute Gasteiger partial charge is 0.508 e. The van der Waals surface area contributed by atoms with Crippen LogP contribution in [0.25, 0.3) is 0 Å². The molecule has 1 amide bonds. The minimum Gasteiger partial charge on any atom is -0.508 e. The SMILES string of the molecule is O=C(NCc1ccccc1O)C1CCCCC1. The topological polar surface area (TPSA) is 49.3 Å². The molecule has 3 nitrogen and oxygen atoms in total. The molecule has 1 aromatic rings. The van der Waals surface area contributed by atoms with Crippen LogP contribution in [0.15, 0.2) is 24.3 Å². The average molecular weight is 233 g/mol. The minimum atomic E-state index is 0.132. The molecule has 0 heterocycles. The van der Waals surface area contributed by atoms with Crippen molar-refractivity contribution < 1.29 is 9.90 Å². The van der Waals surface area contributed by atoms with Crippen molar-refractivity contribution in [3.8, 4) is 5.75 Å². The number of rotatable bonds is 3. The third kappa shape index (κ3) is 3.22. The fourth-order valence-electron chi connectivity index (χ4n) is 2.35. The third-order valence-corrected chi connectivity index (χ3v) is 3.42. The smallest absolute Gasteiger partial charge is 0.223 e. The number of phenols is 1. The molecule has 0 unspecified atom stereocenters. The maximum atomic E-state index is 11.9. The molecule has 0 bridgehead atoms. The predicted octanol–water partition coefficient (Wildman–Crippen LogP) is 2.59. The summed E-state index contributed by atoms with van der Waals surface area (Å²) in [5, 5.41) is 12.5. The second-order valence-electron chi connectivity index (χ2n) is 4.68. The number of phenolic OH excluding ortho intramolecular Hbond substituents is 1. The Hall–Kier alpha value is -1.51. The van der Waals surface area contributed by atoms with Crippen LogP contribution in [0, 0.1) is 5.92 Å². The Bertz CT molecular complexity index is 384. The zero-order valence-electron chi connectivity index (χ0n) is 9.98. The van der Waals surface area contributed by atoms with E-state index < -0.39 is 0 Å². The van der Waals surface area contributed by atoms with Gasteiger partial charge in [-0.1, -0.05) is 37.5 Å². The average Bonchev–Trinajstić information content (AvgIpc) is 2.38. The molecule has 0 aromatic heterocycles. The molecule has 0 atom stereocenters. The van der Waals surface area contributed by atoms with Crippen molar-refractivity contribution in [3.63, 3.8) is 0 Å². The Morgan fingerprint density at radius 3 is 2.65 bits per heavy atom. The van der Waals surface area contributed by atoms with Gasteiger partial charge in [0.05, 0.1) is 0 Å². The zero-order chi connectivity index (χ0) is 12.1. The Morgan fingerprint density at radius 1 is 1.24 bits per heavy atom. The van der Waals surface area contributed by atoms with Crippen LogP contribution in [-0.4, -0.2) is 11.0 Å². The first-order chi connectivity index (χ1) is 8.27. The molecular formula is C14H19NO2. The maximum Gasteiger partial charge on any atom is 0.223 e. The van der Waals surface area contributed by atoms with Gasteiger partial charge in [-0.25, -0.2) is 0 Å². The Labute approximate surface area is 102 Å². The van der Waals surface area contributed by atoms with Gasteiger partial charge in [-0.15, -0.1) is 0 Å². The molecule has 1 aliphatic rings. The first-order valence-electron chi connectivity index (χ1n) is 6.32. The lowest BCUT2D eigenvalue weighted by Gasteiger charge is -2.20. The van der Waals surface area contributed by atoms with Crippen molar-refractivity contribution in [2.45, 2.75) is 38.6 Å². The summed E-state index contributed by atoms with van der Waals surface area (Å²) < 4.78 is 0. The lowest BCUT2D eigenvalue weighted by atomic mass is 9.88. The van der Waals surface area contributed by atoms with Gasteiger partial charge in [-0.2, -0.15) is 0 Å². The molecule has 2 N–H and O–H groups in total. The van der Waals surface area contributed by atoms with E-state index in [0.717, 1.165) is 31.2 Å². The highest BCUT2D eigenvalue weighted by Crippen LogP contribution is 2.24. The number of amides is 1. The van der Waals surface area contributed by atoms with Crippen LogP contribution < -0.4 is 5.32 Å². The molecular weight excluding hydrogens is 214 g/mol. The molecule has 1 aliphatic carbocycles. The van der Waals surface area contributed by atoms with E-state index in [1.165, 1.54) is 6.42 Å². The summed E-state index contributed by atoms with van der Waals surface area (Å²) in [5.41, 5.74) is 0.775. The van der Waals surface area contributed by atoms with Crippen LogP contribution >= 0.6 is 0 Å². The van der Waals surface area contributed by atoms with Crippen LogP contribution in [0.4, 0.5) is 0 Å². The predicted molar refractivity (Wildman–Crippen MR) is 66.5 cm³/mol. The lowest BCUT2D eigenvalue weighted by Crippen LogP contribution is -2.31. The van der Waals surface area contributed by atoms with E-state index in [0.29, 0.717) is 6.54 Å². The summed E-state index contributed by atoms with van der Waals surface area (Å²) in [6.45, 7) is 0.419. The van der Waals surface area contributed by atoms with Gasteiger partial charge in [0.2, 0.25) is 5.91 Å². The summed E-state index contributed by atoms with van der Waals surface area (Å²) in [6, 6.07) is 7.11. The second-order valence-corrected chi connectivity index (χ2v) is 4.68. The minimum absolute atomic E-state index is 0.132. The maximum absolute atomic E-state index is 11.9. The normalized spacial score (nSPS) is 16.7. The summed E-state index contributed by atoms with van der Waals surface area (Å²) in [7, 11) is 0. The molecule has 17 heavy (non-hydrogen) atoms. The Morgan fingerprint density at radius 2 is 1.94 bits per heavy atom. The number of hydrogen-bond acceptors (Lipinski definition) is 2. The van der Waals surface area contributed by atoms with Crippen molar-refractivity contribution in [1.82, 2.24) is 5.32 Å². The van der Waals surface area contributed by atoms with Crippen LogP contribution in [0.3, 0.4) is 0 Å². The van der Waals surface area contributed by atoms with Crippen LogP contribution in [0.2, 0.25) is 0 Å². The van der Waals surface area contributed by atoms with Crippen molar-refractivity contribution in [3.05, 3.63) is 29.8 Å². The number of carbonyl (C=O) groups is 1. The molecule has 1 saturated carbocycles. The molecule has 0 saturated heterocycles. The molecule has 0 radical (unpaired) electrons.